The average Bonchev–Trinajstić information content (AvgIpc) is 2.69. The van der Waals surface area contributed by atoms with Gasteiger partial charge in [0.15, 0.2) is 5.82 Å². The summed E-state index contributed by atoms with van der Waals surface area (Å²) in [7, 11) is 0. The molecule has 1 aromatic carbocycles. The number of hydrogen-bond acceptors (Lipinski definition) is 4. The summed E-state index contributed by atoms with van der Waals surface area (Å²) in [6.07, 6.45) is 3.49. The van der Waals surface area contributed by atoms with E-state index in [4.69, 9.17) is 4.98 Å². The minimum Gasteiger partial charge on any atom is -0.305 e. The summed E-state index contributed by atoms with van der Waals surface area (Å²) in [4.78, 5) is 26.7. The third kappa shape index (κ3) is 3.44. The van der Waals surface area contributed by atoms with Gasteiger partial charge < -0.3 is 4.98 Å². The molecule has 0 amide bonds. The Balaban J connectivity index is 1.57. The van der Waals surface area contributed by atoms with E-state index < -0.39 is 0 Å². The van der Waals surface area contributed by atoms with Gasteiger partial charge in [-0.3, -0.25) is 14.7 Å². The number of nitrogens with zero attached hydrogens (tertiary/aromatic N) is 3. The molecule has 1 aliphatic rings. The molecular weight excluding hydrogens is 324 g/mol. The maximum Gasteiger partial charge on any atom is 0.254 e. The van der Waals surface area contributed by atoms with Gasteiger partial charge in [-0.1, -0.05) is 37.3 Å². The van der Waals surface area contributed by atoms with Gasteiger partial charge >= 0.3 is 0 Å². The molecule has 0 fully saturated rings. The molecule has 0 saturated heterocycles. The highest BCUT2D eigenvalue weighted by Gasteiger charge is 2.21. The summed E-state index contributed by atoms with van der Waals surface area (Å²) in [6, 6.07) is 14.4. The second-order valence-electron chi connectivity index (χ2n) is 6.69. The van der Waals surface area contributed by atoms with Crippen molar-refractivity contribution in [1.29, 1.82) is 0 Å². The van der Waals surface area contributed by atoms with Gasteiger partial charge in [0.05, 0.1) is 5.69 Å². The van der Waals surface area contributed by atoms with Gasteiger partial charge in [-0.15, -0.1) is 0 Å². The van der Waals surface area contributed by atoms with Crippen molar-refractivity contribution in [1.82, 2.24) is 19.9 Å². The van der Waals surface area contributed by atoms with E-state index in [9.17, 15) is 4.79 Å². The van der Waals surface area contributed by atoms with Gasteiger partial charge in [-0.2, -0.15) is 0 Å². The van der Waals surface area contributed by atoms with Crippen LogP contribution in [0.25, 0.3) is 11.5 Å². The summed E-state index contributed by atoms with van der Waals surface area (Å²) < 4.78 is 0. The summed E-state index contributed by atoms with van der Waals surface area (Å²) in [6.45, 7) is 4.60. The molecule has 2 aromatic heterocycles. The third-order valence-corrected chi connectivity index (χ3v) is 4.90. The minimum absolute atomic E-state index is 0.0393. The topological polar surface area (TPSA) is 61.9 Å². The van der Waals surface area contributed by atoms with Gasteiger partial charge in [0.1, 0.15) is 5.69 Å². The summed E-state index contributed by atoms with van der Waals surface area (Å²) in [5.41, 5.74) is 4.97. The van der Waals surface area contributed by atoms with Gasteiger partial charge in [0.25, 0.3) is 5.56 Å². The summed E-state index contributed by atoms with van der Waals surface area (Å²) >= 11 is 0. The van der Waals surface area contributed by atoms with Crippen LogP contribution in [0.1, 0.15) is 29.3 Å². The van der Waals surface area contributed by atoms with Crippen LogP contribution in [0.15, 0.2) is 53.5 Å². The highest BCUT2D eigenvalue weighted by Crippen LogP contribution is 2.19. The van der Waals surface area contributed by atoms with E-state index in [1.54, 1.807) is 6.20 Å². The van der Waals surface area contributed by atoms with Gasteiger partial charge in [-0.05, 0) is 36.1 Å². The van der Waals surface area contributed by atoms with Crippen molar-refractivity contribution in [2.75, 3.05) is 6.54 Å². The quantitative estimate of drug-likeness (QED) is 0.789. The monoisotopic (exact) mass is 346 g/mol. The van der Waals surface area contributed by atoms with Crippen LogP contribution >= 0.6 is 0 Å². The van der Waals surface area contributed by atoms with Crippen LogP contribution in [0, 0.1) is 0 Å². The fourth-order valence-electron chi connectivity index (χ4n) is 3.39. The Hall–Kier alpha value is -2.79. The molecule has 3 aromatic rings. The number of H-pyrrole nitrogens is 1. The van der Waals surface area contributed by atoms with E-state index in [2.05, 4.69) is 46.1 Å². The molecule has 0 saturated carbocycles. The van der Waals surface area contributed by atoms with Gasteiger partial charge in [0, 0.05) is 31.4 Å². The van der Waals surface area contributed by atoms with Crippen LogP contribution < -0.4 is 5.56 Å². The van der Waals surface area contributed by atoms with Crippen molar-refractivity contribution in [3.05, 3.63) is 81.4 Å². The van der Waals surface area contributed by atoms with Crippen molar-refractivity contribution in [2.45, 2.75) is 32.9 Å². The largest absolute Gasteiger partial charge is 0.305 e. The minimum atomic E-state index is -0.0393. The number of nitrogens with one attached hydrogen (secondary N) is 1. The Bertz CT molecular complexity index is 948. The van der Waals surface area contributed by atoms with Crippen molar-refractivity contribution in [3.63, 3.8) is 0 Å². The maximum absolute atomic E-state index is 12.5. The average molecular weight is 346 g/mol. The predicted molar refractivity (Wildman–Crippen MR) is 102 cm³/mol. The lowest BCUT2D eigenvalue weighted by molar-refractivity contribution is 0.240. The van der Waals surface area contributed by atoms with E-state index in [1.807, 2.05) is 18.2 Å². The zero-order valence-electron chi connectivity index (χ0n) is 14.9. The lowest BCUT2D eigenvalue weighted by atomic mass is 10.0. The van der Waals surface area contributed by atoms with Crippen molar-refractivity contribution in [2.24, 2.45) is 0 Å². The Morgan fingerprint density at radius 3 is 2.65 bits per heavy atom. The first kappa shape index (κ1) is 16.7. The lowest BCUT2D eigenvalue weighted by Crippen LogP contribution is -2.35. The van der Waals surface area contributed by atoms with Crippen LogP contribution in [0.2, 0.25) is 0 Å². The molecule has 5 nitrogen and oxygen atoms in total. The number of aromatic nitrogens is 3. The van der Waals surface area contributed by atoms with E-state index in [0.717, 1.165) is 37.2 Å². The second-order valence-corrected chi connectivity index (χ2v) is 6.69. The van der Waals surface area contributed by atoms with Gasteiger partial charge in [0.2, 0.25) is 0 Å². The molecule has 132 valence electrons. The van der Waals surface area contributed by atoms with E-state index in [1.165, 1.54) is 11.1 Å². The molecule has 1 aliphatic heterocycles. The molecule has 0 unspecified atom stereocenters. The summed E-state index contributed by atoms with van der Waals surface area (Å²) in [5, 5.41) is 0. The normalized spacial score (nSPS) is 14.2. The second kappa shape index (κ2) is 7.22. The molecule has 3 heterocycles. The molecule has 1 N–H and O–H groups in total. The predicted octanol–water partition coefficient (Wildman–Crippen LogP) is 2.95. The molecule has 0 spiro atoms. The number of rotatable bonds is 4. The number of hydrogen-bond donors (Lipinski definition) is 1. The molecule has 0 atom stereocenters. The van der Waals surface area contributed by atoms with E-state index >= 15 is 0 Å². The molecule has 5 heteroatoms. The van der Waals surface area contributed by atoms with Crippen molar-refractivity contribution < 1.29 is 0 Å². The van der Waals surface area contributed by atoms with Crippen LogP contribution in [0.4, 0.5) is 0 Å². The lowest BCUT2D eigenvalue weighted by Gasteiger charge is -2.27. The Kier molecular flexibility index (Phi) is 4.63. The van der Waals surface area contributed by atoms with E-state index in [-0.39, 0.29) is 5.56 Å². The number of benzene rings is 1. The standard InChI is InChI=1S/C21H22N4O/c1-2-15-6-8-16(9-7-15)13-25-12-10-17-19(14-25)23-20(24-21(17)26)18-5-3-4-11-22-18/h3-9,11H,2,10,12-14H2,1H3,(H,23,24,26). The molecule has 0 bridgehead atoms. The Labute approximate surface area is 152 Å². The number of aromatic amines is 1. The fraction of sp³-hybridized carbons (Fsp3) is 0.286. The number of aryl methyl sites for hydroxylation is 1. The molecule has 0 radical (unpaired) electrons. The maximum atomic E-state index is 12.5. The Morgan fingerprint density at radius 1 is 1.12 bits per heavy atom. The molecule has 26 heavy (non-hydrogen) atoms. The Morgan fingerprint density at radius 2 is 1.92 bits per heavy atom. The fourth-order valence-corrected chi connectivity index (χ4v) is 3.39. The molecule has 0 aliphatic carbocycles. The molecule has 4 rings (SSSR count). The summed E-state index contributed by atoms with van der Waals surface area (Å²) in [5.74, 6) is 0.545. The highest BCUT2D eigenvalue weighted by molar-refractivity contribution is 5.49. The van der Waals surface area contributed by atoms with Crippen LogP contribution in [-0.2, 0) is 25.9 Å². The zero-order chi connectivity index (χ0) is 17.9. The SMILES string of the molecule is CCc1ccc(CN2CCc3c(nc(-c4ccccn4)[nH]c3=O)C2)cc1. The smallest absolute Gasteiger partial charge is 0.254 e. The number of pyridine rings is 1. The first-order chi connectivity index (χ1) is 12.7. The molecular formula is C21H22N4O. The zero-order valence-corrected chi connectivity index (χ0v) is 14.9. The van der Waals surface area contributed by atoms with Crippen LogP contribution in [0.3, 0.4) is 0 Å². The third-order valence-electron chi connectivity index (χ3n) is 4.90. The first-order valence-corrected chi connectivity index (χ1v) is 9.06. The number of fused-ring (bicyclic) bond motifs is 1. The van der Waals surface area contributed by atoms with E-state index in [0.29, 0.717) is 18.1 Å². The van der Waals surface area contributed by atoms with Crippen LogP contribution in [0.5, 0.6) is 0 Å². The van der Waals surface area contributed by atoms with Crippen molar-refractivity contribution >= 4 is 0 Å². The first-order valence-electron chi connectivity index (χ1n) is 9.06. The highest BCUT2D eigenvalue weighted by atomic mass is 16.1. The van der Waals surface area contributed by atoms with Crippen molar-refractivity contribution in [3.8, 4) is 11.5 Å². The van der Waals surface area contributed by atoms with Gasteiger partial charge in [-0.25, -0.2) is 4.98 Å². The van der Waals surface area contributed by atoms with Crippen LogP contribution in [-0.4, -0.2) is 26.4 Å².